The molecule has 6 nitrogen and oxygen atoms in total. The van der Waals surface area contributed by atoms with Crippen molar-refractivity contribution in [1.82, 2.24) is 5.32 Å². The Kier molecular flexibility index (Phi) is 6.36. The Bertz CT molecular complexity index is 539. The van der Waals surface area contributed by atoms with E-state index in [4.69, 9.17) is 10.5 Å². The van der Waals surface area contributed by atoms with Gasteiger partial charge in [-0.05, 0) is 31.4 Å². The molecule has 116 valence electrons. The number of primary amides is 1. The largest absolute Gasteiger partial charge is 0.448 e. The van der Waals surface area contributed by atoms with Crippen LogP contribution in [0.2, 0.25) is 0 Å². The summed E-state index contributed by atoms with van der Waals surface area (Å²) in [5.41, 5.74) is 5.97. The van der Waals surface area contributed by atoms with E-state index >= 15 is 0 Å². The number of hydrogen-bond donors (Lipinski definition) is 2. The topological polar surface area (TPSA) is 98.5 Å². The zero-order valence-corrected chi connectivity index (χ0v) is 13.2. The molecule has 0 aromatic carbocycles. The van der Waals surface area contributed by atoms with Crippen LogP contribution in [0.4, 0.5) is 4.79 Å². The Morgan fingerprint density at radius 1 is 1.38 bits per heavy atom. The van der Waals surface area contributed by atoms with Gasteiger partial charge in [-0.2, -0.15) is 0 Å². The highest BCUT2D eigenvalue weighted by atomic mass is 32.1. The fourth-order valence-electron chi connectivity index (χ4n) is 1.80. The van der Waals surface area contributed by atoms with E-state index < -0.39 is 24.0 Å². The lowest BCUT2D eigenvalue weighted by Gasteiger charge is -2.10. The van der Waals surface area contributed by atoms with Crippen LogP contribution in [0, 0.1) is 0 Å². The first-order chi connectivity index (χ1) is 9.88. The molecule has 7 heteroatoms. The van der Waals surface area contributed by atoms with Gasteiger partial charge in [-0.25, -0.2) is 9.59 Å². The van der Waals surface area contributed by atoms with E-state index in [1.807, 2.05) is 12.2 Å². The van der Waals surface area contributed by atoms with Crippen LogP contribution in [-0.4, -0.2) is 24.0 Å². The Morgan fingerprint density at radius 3 is 2.57 bits per heavy atom. The van der Waals surface area contributed by atoms with Crippen molar-refractivity contribution in [3.05, 3.63) is 21.4 Å². The minimum atomic E-state index is -1.08. The van der Waals surface area contributed by atoms with Gasteiger partial charge < -0.3 is 10.5 Å². The molecule has 0 radical (unpaired) electrons. The highest BCUT2D eigenvalue weighted by Gasteiger charge is 2.22. The molecule has 1 atom stereocenters. The van der Waals surface area contributed by atoms with E-state index in [1.165, 1.54) is 23.1 Å². The zero-order chi connectivity index (χ0) is 16.0. The number of imide groups is 1. The van der Waals surface area contributed by atoms with Crippen molar-refractivity contribution in [2.75, 3.05) is 0 Å². The molecular formula is C14H20N2O4S. The predicted molar refractivity (Wildman–Crippen MR) is 80.3 cm³/mol. The Hall–Kier alpha value is -1.89. The standard InChI is InChI=1S/C14H20N2O4S/c1-4-6-10-9(5-2)7-11(21-10)13(18)20-8(3)12(17)16-14(15)19/h7-8H,4-6H2,1-3H3,(H3,15,16,17,19)/t8-/m1/s1. The summed E-state index contributed by atoms with van der Waals surface area (Å²) in [7, 11) is 0. The third-order valence-electron chi connectivity index (χ3n) is 2.86. The molecule has 0 unspecified atom stereocenters. The molecule has 0 fully saturated rings. The van der Waals surface area contributed by atoms with E-state index in [1.54, 1.807) is 6.07 Å². The van der Waals surface area contributed by atoms with Gasteiger partial charge in [0.25, 0.3) is 5.91 Å². The minimum absolute atomic E-state index is 0.467. The van der Waals surface area contributed by atoms with Crippen molar-refractivity contribution in [3.63, 3.8) is 0 Å². The first-order valence-electron chi connectivity index (χ1n) is 6.81. The van der Waals surface area contributed by atoms with Gasteiger partial charge in [0.1, 0.15) is 4.88 Å². The number of esters is 1. The van der Waals surface area contributed by atoms with E-state index in [9.17, 15) is 14.4 Å². The van der Waals surface area contributed by atoms with Crippen LogP contribution in [0.5, 0.6) is 0 Å². The lowest BCUT2D eigenvalue weighted by molar-refractivity contribution is -0.127. The van der Waals surface area contributed by atoms with Gasteiger partial charge in [0, 0.05) is 4.88 Å². The van der Waals surface area contributed by atoms with Gasteiger partial charge in [0.05, 0.1) is 0 Å². The summed E-state index contributed by atoms with van der Waals surface area (Å²) in [6, 6.07) is 0.828. The molecule has 0 saturated carbocycles. The predicted octanol–water partition coefficient (Wildman–Crippen LogP) is 2.00. The maximum absolute atomic E-state index is 12.0. The second-order valence-electron chi connectivity index (χ2n) is 4.56. The normalized spacial score (nSPS) is 11.8. The summed E-state index contributed by atoms with van der Waals surface area (Å²) in [6.07, 6.45) is 1.68. The second-order valence-corrected chi connectivity index (χ2v) is 5.70. The molecule has 1 rings (SSSR count). The quantitative estimate of drug-likeness (QED) is 0.785. The van der Waals surface area contributed by atoms with Gasteiger partial charge in [-0.1, -0.05) is 20.3 Å². The van der Waals surface area contributed by atoms with Crippen LogP contribution < -0.4 is 11.1 Å². The van der Waals surface area contributed by atoms with Crippen molar-refractivity contribution >= 4 is 29.2 Å². The summed E-state index contributed by atoms with van der Waals surface area (Å²) in [6.45, 7) is 5.49. The molecule has 0 spiro atoms. The lowest BCUT2D eigenvalue weighted by Crippen LogP contribution is -2.42. The molecule has 3 amide bonds. The van der Waals surface area contributed by atoms with E-state index in [2.05, 4.69) is 6.92 Å². The molecule has 0 saturated heterocycles. The number of thiophene rings is 1. The Labute approximate surface area is 127 Å². The smallest absolute Gasteiger partial charge is 0.349 e. The number of carbonyl (C=O) groups is 3. The number of urea groups is 1. The SMILES string of the molecule is CCCc1sc(C(=O)O[C@H](C)C(=O)NC(N)=O)cc1CC. The van der Waals surface area contributed by atoms with Crippen molar-refractivity contribution in [2.45, 2.75) is 46.1 Å². The van der Waals surface area contributed by atoms with Gasteiger partial charge in [-0.3, -0.25) is 10.1 Å². The molecular weight excluding hydrogens is 292 g/mol. The summed E-state index contributed by atoms with van der Waals surface area (Å²) in [5, 5.41) is 1.87. The number of hydrogen-bond acceptors (Lipinski definition) is 5. The fraction of sp³-hybridized carbons (Fsp3) is 0.500. The van der Waals surface area contributed by atoms with Crippen molar-refractivity contribution in [3.8, 4) is 0 Å². The lowest BCUT2D eigenvalue weighted by atomic mass is 10.1. The van der Waals surface area contributed by atoms with E-state index in [-0.39, 0.29) is 0 Å². The number of nitrogens with two attached hydrogens (primary N) is 1. The van der Waals surface area contributed by atoms with Crippen LogP contribution in [-0.2, 0) is 22.4 Å². The molecule has 1 aromatic heterocycles. The number of rotatable bonds is 6. The highest BCUT2D eigenvalue weighted by Crippen LogP contribution is 2.25. The van der Waals surface area contributed by atoms with Gasteiger partial charge in [-0.15, -0.1) is 11.3 Å². The summed E-state index contributed by atoms with van der Waals surface area (Å²) < 4.78 is 5.04. The number of ether oxygens (including phenoxy) is 1. The van der Waals surface area contributed by atoms with Crippen LogP contribution in [0.25, 0.3) is 0 Å². The maximum atomic E-state index is 12.0. The number of nitrogens with one attached hydrogen (secondary N) is 1. The number of carbonyl (C=O) groups excluding carboxylic acids is 3. The van der Waals surface area contributed by atoms with Gasteiger partial charge in [0.2, 0.25) is 0 Å². The molecule has 3 N–H and O–H groups in total. The van der Waals surface area contributed by atoms with Crippen LogP contribution in [0.15, 0.2) is 6.07 Å². The number of amides is 3. The van der Waals surface area contributed by atoms with Gasteiger partial charge >= 0.3 is 12.0 Å². The van der Waals surface area contributed by atoms with Gasteiger partial charge in [0.15, 0.2) is 6.10 Å². The molecule has 1 heterocycles. The summed E-state index contributed by atoms with van der Waals surface area (Å²) in [5.74, 6) is -1.30. The van der Waals surface area contributed by atoms with E-state index in [0.29, 0.717) is 4.88 Å². The van der Waals surface area contributed by atoms with E-state index in [0.717, 1.165) is 24.8 Å². The maximum Gasteiger partial charge on any atom is 0.349 e. The average molecular weight is 312 g/mol. The molecule has 1 aromatic rings. The Balaban J connectivity index is 2.75. The van der Waals surface area contributed by atoms with Crippen molar-refractivity contribution in [1.29, 1.82) is 0 Å². The molecule has 0 bridgehead atoms. The molecule has 0 aliphatic carbocycles. The highest BCUT2D eigenvalue weighted by molar-refractivity contribution is 7.14. The average Bonchev–Trinajstić information content (AvgIpc) is 2.81. The van der Waals surface area contributed by atoms with Crippen LogP contribution >= 0.6 is 11.3 Å². The number of aryl methyl sites for hydroxylation is 2. The molecule has 0 aliphatic rings. The fourth-order valence-corrected chi connectivity index (χ4v) is 3.04. The summed E-state index contributed by atoms with van der Waals surface area (Å²) in [4.78, 5) is 35.7. The third-order valence-corrected chi connectivity index (χ3v) is 4.07. The van der Waals surface area contributed by atoms with Crippen LogP contribution in [0.3, 0.4) is 0 Å². The van der Waals surface area contributed by atoms with Crippen molar-refractivity contribution in [2.24, 2.45) is 5.73 Å². The Morgan fingerprint density at radius 2 is 2.05 bits per heavy atom. The monoisotopic (exact) mass is 312 g/mol. The molecule has 21 heavy (non-hydrogen) atoms. The summed E-state index contributed by atoms with van der Waals surface area (Å²) >= 11 is 1.39. The third kappa shape index (κ3) is 4.86. The first-order valence-corrected chi connectivity index (χ1v) is 7.63. The molecule has 0 aliphatic heterocycles. The van der Waals surface area contributed by atoms with Crippen LogP contribution in [0.1, 0.15) is 47.3 Å². The van der Waals surface area contributed by atoms with Crippen molar-refractivity contribution < 1.29 is 19.1 Å². The minimum Gasteiger partial charge on any atom is -0.448 e. The second kappa shape index (κ2) is 7.78. The first kappa shape index (κ1) is 17.2. The zero-order valence-electron chi connectivity index (χ0n) is 12.4.